The Balaban J connectivity index is 0.00000289. The average molecular weight is 547 g/mol. The fourth-order valence-corrected chi connectivity index (χ4v) is 4.08. The maximum Gasteiger partial charge on any atom is 0.191 e. The lowest BCUT2D eigenvalue weighted by atomic mass is 10.3. The second kappa shape index (κ2) is 12.0. The van der Waals surface area contributed by atoms with Crippen molar-refractivity contribution in [3.8, 4) is 0 Å². The zero-order valence-electron chi connectivity index (χ0n) is 19.0. The summed E-state index contributed by atoms with van der Waals surface area (Å²) in [6.45, 7) is 9.63. The molecule has 1 aliphatic heterocycles. The summed E-state index contributed by atoms with van der Waals surface area (Å²) in [5, 5.41) is 6.79. The monoisotopic (exact) mass is 547 g/mol. The minimum absolute atomic E-state index is 0. The normalized spacial score (nSPS) is 13.9. The lowest BCUT2D eigenvalue weighted by Gasteiger charge is -2.16. The first-order valence-electron chi connectivity index (χ1n) is 11.4. The molecule has 0 amide bonds. The molecule has 0 spiro atoms. The Bertz CT molecular complexity index is 1010. The molecule has 0 bridgehead atoms. The van der Waals surface area contributed by atoms with Gasteiger partial charge in [0, 0.05) is 38.9 Å². The van der Waals surface area contributed by atoms with Gasteiger partial charge in [-0.25, -0.2) is 15.0 Å². The van der Waals surface area contributed by atoms with Crippen LogP contribution in [0.25, 0.3) is 11.0 Å². The highest BCUT2D eigenvalue weighted by molar-refractivity contribution is 14.0. The second-order valence-corrected chi connectivity index (χ2v) is 7.99. The van der Waals surface area contributed by atoms with Crippen LogP contribution in [0.2, 0.25) is 0 Å². The summed E-state index contributed by atoms with van der Waals surface area (Å²) in [5.74, 6) is 2.99. The van der Waals surface area contributed by atoms with Gasteiger partial charge in [-0.15, -0.1) is 24.0 Å². The van der Waals surface area contributed by atoms with Gasteiger partial charge < -0.3 is 20.1 Å². The topological polar surface area (TPSA) is 70.4 Å². The molecular weight excluding hydrogens is 513 g/mol. The first-order valence-corrected chi connectivity index (χ1v) is 11.4. The SMILES string of the molecule is CCNC(=NCc1ccc(N2CCCC2)nc1)NCCCn1c(C)nc2ccccc21.I. The molecule has 1 saturated heterocycles. The van der Waals surface area contributed by atoms with Crippen LogP contribution in [0.3, 0.4) is 0 Å². The van der Waals surface area contributed by atoms with Gasteiger partial charge in [-0.05, 0) is 56.9 Å². The van der Waals surface area contributed by atoms with Crippen LogP contribution in [0, 0.1) is 6.92 Å². The number of guanidine groups is 1. The highest BCUT2D eigenvalue weighted by atomic mass is 127. The smallest absolute Gasteiger partial charge is 0.191 e. The molecule has 0 saturated carbocycles. The number of aliphatic imine (C=N–C) groups is 1. The summed E-state index contributed by atoms with van der Waals surface area (Å²) in [6.07, 6.45) is 5.48. The first-order chi connectivity index (χ1) is 15.2. The van der Waals surface area contributed by atoms with Crippen molar-refractivity contribution in [3.63, 3.8) is 0 Å². The molecule has 0 aliphatic carbocycles. The van der Waals surface area contributed by atoms with E-state index in [1.807, 2.05) is 12.3 Å². The van der Waals surface area contributed by atoms with E-state index in [0.717, 1.165) is 67.8 Å². The molecule has 32 heavy (non-hydrogen) atoms. The predicted octanol–water partition coefficient (Wildman–Crippen LogP) is 4.10. The number of para-hydroxylation sites is 2. The molecule has 1 fully saturated rings. The van der Waals surface area contributed by atoms with Gasteiger partial charge in [0.2, 0.25) is 0 Å². The van der Waals surface area contributed by atoms with Crippen LogP contribution in [0.15, 0.2) is 47.6 Å². The minimum Gasteiger partial charge on any atom is -0.357 e. The van der Waals surface area contributed by atoms with E-state index in [4.69, 9.17) is 4.99 Å². The third kappa shape index (κ3) is 6.11. The van der Waals surface area contributed by atoms with Gasteiger partial charge in [0.15, 0.2) is 5.96 Å². The van der Waals surface area contributed by atoms with Crippen LogP contribution >= 0.6 is 24.0 Å². The number of pyridine rings is 1. The van der Waals surface area contributed by atoms with Crippen molar-refractivity contribution in [1.82, 2.24) is 25.2 Å². The molecule has 0 atom stereocenters. The molecule has 0 unspecified atom stereocenters. The maximum atomic E-state index is 4.73. The number of aromatic nitrogens is 3. The van der Waals surface area contributed by atoms with Gasteiger partial charge in [-0.1, -0.05) is 18.2 Å². The van der Waals surface area contributed by atoms with Crippen molar-refractivity contribution in [1.29, 1.82) is 0 Å². The molecule has 2 aromatic heterocycles. The molecule has 2 N–H and O–H groups in total. The third-order valence-electron chi connectivity index (χ3n) is 5.70. The van der Waals surface area contributed by atoms with Crippen LogP contribution in [0.1, 0.15) is 37.6 Å². The second-order valence-electron chi connectivity index (χ2n) is 7.99. The number of halogens is 1. The number of hydrogen-bond acceptors (Lipinski definition) is 4. The van der Waals surface area contributed by atoms with Gasteiger partial charge in [0.25, 0.3) is 0 Å². The predicted molar refractivity (Wildman–Crippen MR) is 143 cm³/mol. The van der Waals surface area contributed by atoms with Gasteiger partial charge in [-0.2, -0.15) is 0 Å². The Labute approximate surface area is 207 Å². The van der Waals surface area contributed by atoms with Gasteiger partial charge in [0.05, 0.1) is 17.6 Å². The quantitative estimate of drug-likeness (QED) is 0.192. The molecule has 8 heteroatoms. The Kier molecular flexibility index (Phi) is 9.13. The highest BCUT2D eigenvalue weighted by Crippen LogP contribution is 2.18. The molecule has 3 aromatic rings. The Morgan fingerprint density at radius 1 is 1.09 bits per heavy atom. The van der Waals surface area contributed by atoms with Crippen molar-refractivity contribution < 1.29 is 0 Å². The first kappa shape index (κ1) is 24.3. The maximum absolute atomic E-state index is 4.73. The van der Waals surface area contributed by atoms with Crippen molar-refractivity contribution in [2.45, 2.75) is 46.2 Å². The number of imidazole rings is 1. The minimum atomic E-state index is 0. The molecule has 0 radical (unpaired) electrons. The van der Waals surface area contributed by atoms with Crippen LogP contribution in [-0.2, 0) is 13.1 Å². The van der Waals surface area contributed by atoms with E-state index in [1.165, 1.54) is 18.4 Å². The van der Waals surface area contributed by atoms with E-state index in [9.17, 15) is 0 Å². The van der Waals surface area contributed by atoms with Crippen molar-refractivity contribution >= 4 is 46.8 Å². The zero-order chi connectivity index (χ0) is 21.5. The third-order valence-corrected chi connectivity index (χ3v) is 5.70. The van der Waals surface area contributed by atoms with E-state index in [1.54, 1.807) is 0 Å². The standard InChI is InChI=1S/C24H33N7.HI/c1-3-25-24(28-18-20-11-12-23(27-17-20)30-14-6-7-15-30)26-13-8-16-31-19(2)29-21-9-4-5-10-22(21)31;/h4-5,9-12,17H,3,6-8,13-16,18H2,1-2H3,(H2,25,26,28);1H. The average Bonchev–Trinajstić information content (AvgIpc) is 3.43. The van der Waals surface area contributed by atoms with E-state index in [2.05, 4.69) is 74.2 Å². The lowest BCUT2D eigenvalue weighted by Crippen LogP contribution is -2.38. The van der Waals surface area contributed by atoms with Crippen molar-refractivity contribution in [3.05, 3.63) is 54.0 Å². The van der Waals surface area contributed by atoms with Crippen LogP contribution in [0.5, 0.6) is 0 Å². The summed E-state index contributed by atoms with van der Waals surface area (Å²) < 4.78 is 2.29. The zero-order valence-corrected chi connectivity index (χ0v) is 21.4. The molecule has 1 aromatic carbocycles. The molecule has 4 rings (SSSR count). The number of fused-ring (bicyclic) bond motifs is 1. The Morgan fingerprint density at radius 2 is 1.91 bits per heavy atom. The fraction of sp³-hybridized carbons (Fsp3) is 0.458. The molecule has 3 heterocycles. The van der Waals surface area contributed by atoms with Crippen LogP contribution < -0.4 is 15.5 Å². The summed E-state index contributed by atoms with van der Waals surface area (Å²) in [7, 11) is 0. The number of nitrogens with one attached hydrogen (secondary N) is 2. The lowest BCUT2D eigenvalue weighted by molar-refractivity contribution is 0.624. The number of nitrogens with zero attached hydrogens (tertiary/aromatic N) is 5. The summed E-state index contributed by atoms with van der Waals surface area (Å²) >= 11 is 0. The number of hydrogen-bond donors (Lipinski definition) is 2. The van der Waals surface area contributed by atoms with E-state index in [0.29, 0.717) is 6.54 Å². The number of rotatable bonds is 8. The van der Waals surface area contributed by atoms with Crippen molar-refractivity contribution in [2.24, 2.45) is 4.99 Å². The Morgan fingerprint density at radius 3 is 2.66 bits per heavy atom. The van der Waals surface area contributed by atoms with Gasteiger partial charge in [-0.3, -0.25) is 0 Å². The molecular formula is C24H34IN7. The van der Waals surface area contributed by atoms with Gasteiger partial charge in [0.1, 0.15) is 11.6 Å². The van der Waals surface area contributed by atoms with Crippen molar-refractivity contribution in [2.75, 3.05) is 31.1 Å². The van der Waals surface area contributed by atoms with E-state index < -0.39 is 0 Å². The summed E-state index contributed by atoms with van der Waals surface area (Å²) in [6, 6.07) is 12.6. The molecule has 1 aliphatic rings. The van der Waals surface area contributed by atoms with Crippen LogP contribution in [-0.4, -0.2) is 46.7 Å². The van der Waals surface area contributed by atoms with E-state index >= 15 is 0 Å². The van der Waals surface area contributed by atoms with E-state index in [-0.39, 0.29) is 24.0 Å². The summed E-state index contributed by atoms with van der Waals surface area (Å²) in [4.78, 5) is 16.4. The number of benzene rings is 1. The van der Waals surface area contributed by atoms with Crippen LogP contribution in [0.4, 0.5) is 5.82 Å². The molecule has 7 nitrogen and oxygen atoms in total. The fourth-order valence-electron chi connectivity index (χ4n) is 4.08. The highest BCUT2D eigenvalue weighted by Gasteiger charge is 2.13. The summed E-state index contributed by atoms with van der Waals surface area (Å²) in [5.41, 5.74) is 3.39. The molecule has 172 valence electrons. The largest absolute Gasteiger partial charge is 0.357 e. The van der Waals surface area contributed by atoms with Gasteiger partial charge >= 0.3 is 0 Å². The Hall–Kier alpha value is -2.36. The number of anilines is 1. The number of aryl methyl sites for hydroxylation is 2.